The summed E-state index contributed by atoms with van der Waals surface area (Å²) in [5.74, 6) is 1.21. The van der Waals surface area contributed by atoms with Crippen molar-refractivity contribution in [3.05, 3.63) is 89.2 Å². The van der Waals surface area contributed by atoms with Crippen LogP contribution in [0.5, 0.6) is 5.88 Å². The van der Waals surface area contributed by atoms with Crippen LogP contribution in [-0.4, -0.2) is 36.4 Å². The third kappa shape index (κ3) is 4.46. The molecule has 1 aliphatic rings. The molecule has 0 radical (unpaired) electrons. The lowest BCUT2D eigenvalue weighted by atomic mass is 9.96. The number of allylic oxidation sites excluding steroid dienone is 1. The Balaban J connectivity index is 1.44. The van der Waals surface area contributed by atoms with Gasteiger partial charge in [0, 0.05) is 18.3 Å². The van der Waals surface area contributed by atoms with E-state index in [1.165, 1.54) is 12.1 Å². The highest BCUT2D eigenvalue weighted by atomic mass is 19.4. The first kappa shape index (κ1) is 22.6. The highest BCUT2D eigenvalue weighted by Crippen LogP contribution is 2.37. The number of nitrogens with zero attached hydrogens (tertiary/aromatic N) is 6. The maximum absolute atomic E-state index is 13.6. The summed E-state index contributed by atoms with van der Waals surface area (Å²) in [7, 11) is 1.54. The van der Waals surface area contributed by atoms with Gasteiger partial charge in [-0.15, -0.1) is 0 Å². The Kier molecular flexibility index (Phi) is 5.72. The zero-order chi connectivity index (χ0) is 24.6. The fraction of sp³-hybridized carbons (Fsp3) is 0.200. The Morgan fingerprint density at radius 1 is 1.06 bits per heavy atom. The van der Waals surface area contributed by atoms with E-state index in [0.717, 1.165) is 17.4 Å². The molecule has 0 saturated carbocycles. The molecule has 1 aliphatic heterocycles. The number of hydrogen-bond acceptors (Lipinski definition) is 5. The number of rotatable bonds is 5. The van der Waals surface area contributed by atoms with E-state index in [1.54, 1.807) is 42.4 Å². The minimum absolute atomic E-state index is 0.0978. The van der Waals surface area contributed by atoms with Crippen molar-refractivity contribution in [2.45, 2.75) is 26.1 Å². The van der Waals surface area contributed by atoms with Crippen LogP contribution < -0.4 is 4.74 Å². The number of fused-ring (bicyclic) bond motifs is 1. The number of methoxy groups -OCH3 is 1. The number of aryl methyl sites for hydroxylation is 2. The third-order valence-corrected chi connectivity index (χ3v) is 5.59. The van der Waals surface area contributed by atoms with Gasteiger partial charge in [0.2, 0.25) is 5.88 Å². The highest BCUT2D eigenvalue weighted by molar-refractivity contribution is 5.79. The van der Waals surface area contributed by atoms with Crippen molar-refractivity contribution in [3.8, 4) is 11.6 Å². The number of alkyl halides is 3. The smallest absolute Gasteiger partial charge is 0.417 e. The summed E-state index contributed by atoms with van der Waals surface area (Å²) in [6.07, 6.45) is 4.86. The minimum atomic E-state index is -4.46. The summed E-state index contributed by atoms with van der Waals surface area (Å²) < 4.78 is 49.7. The molecule has 35 heavy (non-hydrogen) atoms. The van der Waals surface area contributed by atoms with Crippen LogP contribution in [0, 0.1) is 6.92 Å². The Bertz CT molecular complexity index is 1450. The average Bonchev–Trinajstić information content (AvgIpc) is 3.47. The average molecular weight is 478 g/mol. The van der Waals surface area contributed by atoms with Crippen LogP contribution in [0.1, 0.15) is 40.6 Å². The van der Waals surface area contributed by atoms with Gasteiger partial charge in [0.15, 0.2) is 11.6 Å². The van der Waals surface area contributed by atoms with Crippen molar-refractivity contribution in [1.29, 1.82) is 0 Å². The fourth-order valence-corrected chi connectivity index (χ4v) is 4.00. The lowest BCUT2D eigenvalue weighted by molar-refractivity contribution is -0.137. The first-order valence-electron chi connectivity index (χ1n) is 10.9. The number of halogens is 3. The monoisotopic (exact) mass is 478 g/mol. The summed E-state index contributed by atoms with van der Waals surface area (Å²) in [4.78, 5) is 13.3. The Labute approximate surface area is 199 Å². The van der Waals surface area contributed by atoms with Gasteiger partial charge in [-0.25, -0.2) is 19.6 Å². The van der Waals surface area contributed by atoms with Crippen LogP contribution in [-0.2, 0) is 12.7 Å². The van der Waals surface area contributed by atoms with Crippen molar-refractivity contribution in [2.24, 2.45) is 0 Å². The number of ether oxygens (including phenoxy) is 1. The van der Waals surface area contributed by atoms with Gasteiger partial charge in [-0.1, -0.05) is 24.3 Å². The summed E-state index contributed by atoms with van der Waals surface area (Å²) in [6, 6.07) is 9.22. The number of hydrogen-bond donors (Lipinski definition) is 0. The third-order valence-electron chi connectivity index (χ3n) is 5.59. The van der Waals surface area contributed by atoms with E-state index in [1.807, 2.05) is 29.8 Å². The summed E-state index contributed by atoms with van der Waals surface area (Å²) >= 11 is 0. The van der Waals surface area contributed by atoms with Gasteiger partial charge in [0.05, 0.1) is 30.4 Å². The molecule has 4 heterocycles. The Morgan fingerprint density at radius 3 is 2.63 bits per heavy atom. The van der Waals surface area contributed by atoms with Crippen LogP contribution in [0.15, 0.2) is 55.0 Å². The van der Waals surface area contributed by atoms with Gasteiger partial charge >= 0.3 is 6.18 Å². The minimum Gasteiger partial charge on any atom is -0.479 e. The van der Waals surface area contributed by atoms with Crippen molar-refractivity contribution in [1.82, 2.24) is 29.3 Å². The maximum atomic E-state index is 13.6. The molecule has 0 spiro atoms. The van der Waals surface area contributed by atoms with Crippen LogP contribution in [0.3, 0.4) is 0 Å². The van der Waals surface area contributed by atoms with Gasteiger partial charge in [-0.05, 0) is 49.3 Å². The van der Waals surface area contributed by atoms with Gasteiger partial charge in [-0.2, -0.15) is 18.3 Å². The SMILES string of the molecule is COc1nc(C=Cc2nc3n(n2)CCC=C3c2ccccc2C(F)(F)F)ccc1-n1cnc(C)c1. The van der Waals surface area contributed by atoms with Crippen LogP contribution in [0.4, 0.5) is 13.2 Å². The van der Waals surface area contributed by atoms with E-state index >= 15 is 0 Å². The van der Waals surface area contributed by atoms with E-state index in [-0.39, 0.29) is 5.56 Å². The molecule has 7 nitrogen and oxygen atoms in total. The normalized spacial score (nSPS) is 13.7. The van der Waals surface area contributed by atoms with Crippen molar-refractivity contribution >= 4 is 17.7 Å². The highest BCUT2D eigenvalue weighted by Gasteiger charge is 2.35. The second kappa shape index (κ2) is 8.86. The molecule has 0 N–H and O–H groups in total. The van der Waals surface area contributed by atoms with Crippen LogP contribution in [0.2, 0.25) is 0 Å². The molecule has 0 aliphatic carbocycles. The molecular weight excluding hydrogens is 457 g/mol. The Hall–Kier alpha value is -4.21. The second-order valence-corrected chi connectivity index (χ2v) is 7.99. The lowest BCUT2D eigenvalue weighted by Gasteiger charge is -2.18. The molecule has 3 aromatic heterocycles. The number of aromatic nitrogens is 6. The van der Waals surface area contributed by atoms with Crippen molar-refractivity contribution in [2.75, 3.05) is 7.11 Å². The molecule has 10 heteroatoms. The van der Waals surface area contributed by atoms with Gasteiger partial charge in [0.1, 0.15) is 5.69 Å². The molecule has 0 fully saturated rings. The predicted octanol–water partition coefficient (Wildman–Crippen LogP) is 5.20. The zero-order valence-corrected chi connectivity index (χ0v) is 19.0. The number of benzene rings is 1. The van der Waals surface area contributed by atoms with Crippen LogP contribution >= 0.6 is 0 Å². The Morgan fingerprint density at radius 2 is 1.89 bits per heavy atom. The molecular formula is C25H21F3N6O. The maximum Gasteiger partial charge on any atom is 0.417 e. The van der Waals surface area contributed by atoms with E-state index in [4.69, 9.17) is 4.74 Å². The van der Waals surface area contributed by atoms with Crippen molar-refractivity contribution < 1.29 is 17.9 Å². The van der Waals surface area contributed by atoms with Gasteiger partial charge < -0.3 is 9.30 Å². The first-order valence-corrected chi connectivity index (χ1v) is 10.9. The largest absolute Gasteiger partial charge is 0.479 e. The quantitative estimate of drug-likeness (QED) is 0.394. The topological polar surface area (TPSA) is 70.7 Å². The van der Waals surface area contributed by atoms with Gasteiger partial charge in [0.25, 0.3) is 0 Å². The molecule has 178 valence electrons. The molecule has 0 amide bonds. The summed E-state index contributed by atoms with van der Waals surface area (Å²) in [5.41, 5.74) is 2.07. The first-order chi connectivity index (χ1) is 16.8. The van der Waals surface area contributed by atoms with E-state index < -0.39 is 11.7 Å². The second-order valence-electron chi connectivity index (χ2n) is 7.99. The summed E-state index contributed by atoms with van der Waals surface area (Å²) in [5, 5.41) is 4.47. The molecule has 0 unspecified atom stereocenters. The zero-order valence-electron chi connectivity index (χ0n) is 19.0. The van der Waals surface area contributed by atoms with Crippen molar-refractivity contribution in [3.63, 3.8) is 0 Å². The molecule has 1 aromatic carbocycles. The number of pyridine rings is 1. The molecule has 0 saturated heterocycles. The van der Waals surface area contributed by atoms with E-state index in [0.29, 0.717) is 41.8 Å². The van der Waals surface area contributed by atoms with E-state index in [2.05, 4.69) is 20.1 Å². The molecule has 5 rings (SSSR count). The predicted molar refractivity (Wildman–Crippen MR) is 125 cm³/mol. The fourth-order valence-electron chi connectivity index (χ4n) is 4.00. The molecule has 0 bridgehead atoms. The molecule has 0 atom stereocenters. The lowest BCUT2D eigenvalue weighted by Crippen LogP contribution is -2.14. The standard InChI is InChI=1S/C25H21F3N6O/c1-16-14-33(15-29-16)21-11-9-17(30-24(21)35-2)10-12-22-31-23-19(7-5-13-34(23)32-22)18-6-3-4-8-20(18)25(26,27)28/h3-4,6-12,14-15H,5,13H2,1-2H3. The number of imidazole rings is 1. The van der Waals surface area contributed by atoms with E-state index in [9.17, 15) is 13.2 Å². The van der Waals surface area contributed by atoms with Gasteiger partial charge in [-0.3, -0.25) is 0 Å². The molecule has 4 aromatic rings. The summed E-state index contributed by atoms with van der Waals surface area (Å²) in [6.45, 7) is 2.44. The van der Waals surface area contributed by atoms with Crippen LogP contribution in [0.25, 0.3) is 23.4 Å².